The molecule has 0 radical (unpaired) electrons. The van der Waals surface area contributed by atoms with Crippen LogP contribution in [-0.2, 0) is 24.7 Å². The van der Waals surface area contributed by atoms with Gasteiger partial charge in [0.05, 0.1) is 6.42 Å². The van der Waals surface area contributed by atoms with Gasteiger partial charge in [-0.25, -0.2) is 0 Å². The van der Waals surface area contributed by atoms with Gasteiger partial charge in [0.2, 0.25) is 5.91 Å². The van der Waals surface area contributed by atoms with Crippen LogP contribution in [0.1, 0.15) is 18.3 Å². The number of carbonyl (C=O) groups is 1. The minimum absolute atomic E-state index is 0.0626. The Balaban J connectivity index is 1.59. The molecule has 0 bridgehead atoms. The standard InChI is InChI=1S/C20H20N4O/c1-14-12-16-10-6-7-11-17(16)24(14)19(25)13-18-21-22-20(23(18)2)15-8-4-3-5-9-15/h3-11,14H,12-13H2,1-2H3. The Morgan fingerprint density at radius 2 is 1.80 bits per heavy atom. The number of hydrogen-bond acceptors (Lipinski definition) is 3. The van der Waals surface area contributed by atoms with Crippen molar-refractivity contribution in [2.24, 2.45) is 7.05 Å². The van der Waals surface area contributed by atoms with Gasteiger partial charge in [0.25, 0.3) is 0 Å². The molecule has 1 aliphatic heterocycles. The number of fused-ring (bicyclic) bond motifs is 1. The molecule has 4 rings (SSSR count). The van der Waals surface area contributed by atoms with Crippen LogP contribution in [0.2, 0.25) is 0 Å². The second-order valence-corrected chi connectivity index (χ2v) is 6.49. The Morgan fingerprint density at radius 1 is 1.08 bits per heavy atom. The quantitative estimate of drug-likeness (QED) is 0.741. The lowest BCUT2D eigenvalue weighted by molar-refractivity contribution is -0.118. The van der Waals surface area contributed by atoms with Crippen molar-refractivity contribution in [2.75, 3.05) is 4.90 Å². The van der Waals surface area contributed by atoms with Crippen LogP contribution in [-0.4, -0.2) is 26.7 Å². The second-order valence-electron chi connectivity index (χ2n) is 6.49. The highest BCUT2D eigenvalue weighted by Crippen LogP contribution is 2.32. The summed E-state index contributed by atoms with van der Waals surface area (Å²) in [6.45, 7) is 2.09. The summed E-state index contributed by atoms with van der Waals surface area (Å²) in [5.41, 5.74) is 3.24. The predicted molar refractivity (Wildman–Crippen MR) is 97.2 cm³/mol. The number of aromatic nitrogens is 3. The molecule has 25 heavy (non-hydrogen) atoms. The summed E-state index contributed by atoms with van der Waals surface area (Å²) in [6.07, 6.45) is 1.14. The van der Waals surface area contributed by atoms with Crippen LogP contribution in [0.15, 0.2) is 54.6 Å². The van der Waals surface area contributed by atoms with E-state index in [1.807, 2.05) is 65.0 Å². The van der Waals surface area contributed by atoms with E-state index in [0.29, 0.717) is 5.82 Å². The molecule has 5 nitrogen and oxygen atoms in total. The maximum Gasteiger partial charge on any atom is 0.234 e. The van der Waals surface area contributed by atoms with Gasteiger partial charge in [-0.05, 0) is 25.0 Å². The van der Waals surface area contributed by atoms with Crippen LogP contribution < -0.4 is 4.90 Å². The molecule has 5 heteroatoms. The minimum atomic E-state index is 0.0626. The normalized spacial score (nSPS) is 16.1. The maximum absolute atomic E-state index is 12.9. The molecule has 1 aliphatic rings. The van der Waals surface area contributed by atoms with Gasteiger partial charge in [0.15, 0.2) is 5.82 Å². The van der Waals surface area contributed by atoms with Crippen molar-refractivity contribution >= 4 is 11.6 Å². The predicted octanol–water partition coefficient (Wildman–Crippen LogP) is 3.00. The number of amides is 1. The van der Waals surface area contributed by atoms with Gasteiger partial charge in [-0.1, -0.05) is 48.5 Å². The Bertz CT molecular complexity index is 916. The monoisotopic (exact) mass is 332 g/mol. The SMILES string of the molecule is CC1Cc2ccccc2N1C(=O)Cc1nnc(-c2ccccc2)n1C. The van der Waals surface area contributed by atoms with Gasteiger partial charge in [-0.3, -0.25) is 4.79 Å². The second kappa shape index (κ2) is 6.16. The number of anilines is 1. The summed E-state index contributed by atoms with van der Waals surface area (Å²) in [7, 11) is 1.91. The molecular weight excluding hydrogens is 312 g/mol. The first-order chi connectivity index (χ1) is 12.1. The lowest BCUT2D eigenvalue weighted by Gasteiger charge is -2.22. The third kappa shape index (κ3) is 2.71. The van der Waals surface area contributed by atoms with Crippen molar-refractivity contribution in [2.45, 2.75) is 25.8 Å². The van der Waals surface area contributed by atoms with E-state index in [1.165, 1.54) is 5.56 Å². The van der Waals surface area contributed by atoms with Crippen LogP contribution in [0.25, 0.3) is 11.4 Å². The Labute approximate surface area is 146 Å². The maximum atomic E-state index is 12.9. The number of hydrogen-bond donors (Lipinski definition) is 0. The summed E-state index contributed by atoms with van der Waals surface area (Å²) >= 11 is 0. The molecule has 2 aromatic carbocycles. The topological polar surface area (TPSA) is 51.0 Å². The Hall–Kier alpha value is -2.95. The van der Waals surface area contributed by atoms with E-state index in [0.717, 1.165) is 23.5 Å². The Morgan fingerprint density at radius 3 is 2.60 bits per heavy atom. The largest absolute Gasteiger partial charge is 0.314 e. The number of para-hydroxylation sites is 1. The van der Waals surface area contributed by atoms with Crippen LogP contribution >= 0.6 is 0 Å². The fourth-order valence-corrected chi connectivity index (χ4v) is 3.52. The minimum Gasteiger partial charge on any atom is -0.314 e. The highest BCUT2D eigenvalue weighted by Gasteiger charge is 2.31. The molecule has 2 heterocycles. The van der Waals surface area contributed by atoms with E-state index in [1.54, 1.807) is 0 Å². The van der Waals surface area contributed by atoms with Crippen LogP contribution in [0.4, 0.5) is 5.69 Å². The molecule has 0 spiro atoms. The molecule has 0 aliphatic carbocycles. The number of benzene rings is 2. The lowest BCUT2D eigenvalue weighted by atomic mass is 10.1. The summed E-state index contributed by atoms with van der Waals surface area (Å²) in [4.78, 5) is 14.8. The van der Waals surface area contributed by atoms with E-state index in [4.69, 9.17) is 0 Å². The van der Waals surface area contributed by atoms with Gasteiger partial charge in [-0.2, -0.15) is 0 Å². The lowest BCUT2D eigenvalue weighted by Crippen LogP contribution is -2.37. The molecule has 1 unspecified atom stereocenters. The average molecular weight is 332 g/mol. The van der Waals surface area contributed by atoms with E-state index < -0.39 is 0 Å². The highest BCUT2D eigenvalue weighted by atomic mass is 16.2. The molecular formula is C20H20N4O. The summed E-state index contributed by atoms with van der Waals surface area (Å²) in [5, 5.41) is 8.52. The summed E-state index contributed by atoms with van der Waals surface area (Å²) in [5.74, 6) is 1.52. The molecule has 0 fully saturated rings. The van der Waals surface area contributed by atoms with Crippen LogP contribution in [0, 0.1) is 0 Å². The molecule has 1 atom stereocenters. The van der Waals surface area contributed by atoms with Crippen LogP contribution in [0.3, 0.4) is 0 Å². The first-order valence-electron chi connectivity index (χ1n) is 8.49. The van der Waals surface area contributed by atoms with Crippen molar-refractivity contribution in [1.29, 1.82) is 0 Å². The van der Waals surface area contributed by atoms with E-state index in [2.05, 4.69) is 23.2 Å². The number of rotatable bonds is 3. The van der Waals surface area contributed by atoms with E-state index >= 15 is 0 Å². The number of nitrogens with zero attached hydrogens (tertiary/aromatic N) is 4. The molecule has 0 N–H and O–H groups in total. The number of carbonyl (C=O) groups excluding carboxylic acids is 1. The molecule has 0 saturated heterocycles. The highest BCUT2D eigenvalue weighted by molar-refractivity contribution is 5.97. The Kier molecular flexibility index (Phi) is 3.84. The van der Waals surface area contributed by atoms with Gasteiger partial charge in [0.1, 0.15) is 5.82 Å². The third-order valence-electron chi connectivity index (χ3n) is 4.78. The zero-order valence-electron chi connectivity index (χ0n) is 14.4. The van der Waals surface area contributed by atoms with Gasteiger partial charge in [-0.15, -0.1) is 10.2 Å². The first-order valence-corrected chi connectivity index (χ1v) is 8.49. The zero-order chi connectivity index (χ0) is 17.4. The molecule has 1 aromatic heterocycles. The van der Waals surface area contributed by atoms with Crippen molar-refractivity contribution in [3.05, 3.63) is 66.0 Å². The van der Waals surface area contributed by atoms with Gasteiger partial charge >= 0.3 is 0 Å². The first kappa shape index (κ1) is 15.6. The molecule has 3 aromatic rings. The van der Waals surface area contributed by atoms with Crippen molar-refractivity contribution in [3.8, 4) is 11.4 Å². The van der Waals surface area contributed by atoms with Gasteiger partial charge in [0, 0.05) is 24.3 Å². The fourth-order valence-electron chi connectivity index (χ4n) is 3.52. The van der Waals surface area contributed by atoms with Crippen molar-refractivity contribution < 1.29 is 4.79 Å². The van der Waals surface area contributed by atoms with Crippen LogP contribution in [0.5, 0.6) is 0 Å². The van der Waals surface area contributed by atoms with Crippen molar-refractivity contribution in [1.82, 2.24) is 14.8 Å². The van der Waals surface area contributed by atoms with E-state index in [9.17, 15) is 4.79 Å². The van der Waals surface area contributed by atoms with E-state index in [-0.39, 0.29) is 18.4 Å². The zero-order valence-corrected chi connectivity index (χ0v) is 14.4. The van der Waals surface area contributed by atoms with Gasteiger partial charge < -0.3 is 9.47 Å². The summed E-state index contributed by atoms with van der Waals surface area (Å²) < 4.78 is 1.90. The van der Waals surface area contributed by atoms with Crippen molar-refractivity contribution in [3.63, 3.8) is 0 Å². The smallest absolute Gasteiger partial charge is 0.234 e. The third-order valence-corrected chi connectivity index (χ3v) is 4.78. The average Bonchev–Trinajstić information content (AvgIpc) is 3.15. The fraction of sp³-hybridized carbons (Fsp3) is 0.250. The summed E-state index contributed by atoms with van der Waals surface area (Å²) in [6, 6.07) is 18.2. The molecule has 126 valence electrons. The molecule has 0 saturated carbocycles. The molecule has 1 amide bonds.